The molecule has 0 saturated heterocycles. The van der Waals surface area contributed by atoms with Crippen molar-refractivity contribution in [3.05, 3.63) is 58.1 Å². The Balaban J connectivity index is 1.89. The van der Waals surface area contributed by atoms with Gasteiger partial charge in [0.05, 0.1) is 20.9 Å². The molecule has 0 aliphatic rings. The van der Waals surface area contributed by atoms with E-state index in [9.17, 15) is 0 Å². The Morgan fingerprint density at radius 2 is 2.16 bits per heavy atom. The van der Waals surface area contributed by atoms with Crippen LogP contribution in [0.2, 0.25) is 5.02 Å². The fourth-order valence-electron chi connectivity index (χ4n) is 2.09. The molecule has 3 aromatic rings. The lowest BCUT2D eigenvalue weighted by Crippen LogP contribution is -2.00. The Morgan fingerprint density at radius 3 is 3.00 bits per heavy atom. The van der Waals surface area contributed by atoms with Crippen LogP contribution in [0, 0.1) is 6.92 Å². The third-order valence-corrected chi connectivity index (χ3v) is 4.11. The zero-order valence-corrected chi connectivity index (χ0v) is 12.1. The fraction of sp³-hybridized carbons (Fsp3) is 0.133. The molecule has 0 unspecified atom stereocenters. The topological polar surface area (TPSA) is 24.9 Å². The average molecular weight is 289 g/mol. The van der Waals surface area contributed by atoms with Crippen molar-refractivity contribution in [2.24, 2.45) is 0 Å². The first kappa shape index (κ1) is 12.5. The summed E-state index contributed by atoms with van der Waals surface area (Å²) in [5.41, 5.74) is 6.21. The van der Waals surface area contributed by atoms with E-state index in [0.29, 0.717) is 5.02 Å². The van der Waals surface area contributed by atoms with E-state index in [4.69, 9.17) is 11.6 Å². The molecule has 0 spiro atoms. The van der Waals surface area contributed by atoms with Crippen molar-refractivity contribution < 1.29 is 0 Å². The van der Waals surface area contributed by atoms with Crippen molar-refractivity contribution in [1.29, 1.82) is 0 Å². The van der Waals surface area contributed by atoms with Crippen molar-refractivity contribution in [1.82, 2.24) is 4.98 Å². The number of aromatic nitrogens is 1. The number of nitrogens with one attached hydrogen (secondary N) is 1. The van der Waals surface area contributed by atoms with Crippen LogP contribution in [0.25, 0.3) is 10.2 Å². The second-order valence-corrected chi connectivity index (χ2v) is 5.76. The summed E-state index contributed by atoms with van der Waals surface area (Å²) < 4.78 is 1.15. The minimum absolute atomic E-state index is 0.714. The molecule has 0 bridgehead atoms. The monoisotopic (exact) mass is 288 g/mol. The van der Waals surface area contributed by atoms with E-state index in [1.54, 1.807) is 11.3 Å². The van der Waals surface area contributed by atoms with Crippen molar-refractivity contribution in [3.63, 3.8) is 0 Å². The predicted octanol–water partition coefficient (Wildman–Crippen LogP) is 4.87. The van der Waals surface area contributed by atoms with Crippen LogP contribution in [0.4, 0.5) is 5.69 Å². The maximum atomic E-state index is 6.26. The van der Waals surface area contributed by atoms with Gasteiger partial charge in [-0.3, -0.25) is 0 Å². The fourth-order valence-corrected chi connectivity index (χ4v) is 2.99. The summed E-state index contributed by atoms with van der Waals surface area (Å²) >= 11 is 7.88. The van der Waals surface area contributed by atoms with Gasteiger partial charge in [-0.05, 0) is 24.6 Å². The molecule has 0 amide bonds. The highest BCUT2D eigenvalue weighted by Crippen LogP contribution is 2.32. The van der Waals surface area contributed by atoms with Gasteiger partial charge in [0.15, 0.2) is 0 Å². The van der Waals surface area contributed by atoms with Gasteiger partial charge in [-0.15, -0.1) is 11.3 Å². The van der Waals surface area contributed by atoms with Gasteiger partial charge in [0, 0.05) is 6.54 Å². The van der Waals surface area contributed by atoms with Crippen LogP contribution in [-0.2, 0) is 6.54 Å². The van der Waals surface area contributed by atoms with Gasteiger partial charge in [-0.1, -0.05) is 41.4 Å². The van der Waals surface area contributed by atoms with Crippen molar-refractivity contribution in [2.75, 3.05) is 5.32 Å². The van der Waals surface area contributed by atoms with E-state index in [1.165, 1.54) is 11.1 Å². The number of rotatable bonds is 3. The summed E-state index contributed by atoms with van der Waals surface area (Å²) in [5, 5.41) is 4.11. The number of fused-ring (bicyclic) bond motifs is 1. The van der Waals surface area contributed by atoms with E-state index in [0.717, 1.165) is 22.4 Å². The van der Waals surface area contributed by atoms with Gasteiger partial charge in [-0.2, -0.15) is 0 Å². The first-order chi connectivity index (χ1) is 9.24. The highest BCUT2D eigenvalue weighted by molar-refractivity contribution is 7.16. The van der Waals surface area contributed by atoms with Crippen LogP contribution in [0.15, 0.2) is 41.9 Å². The molecule has 4 heteroatoms. The molecule has 1 N–H and O–H groups in total. The molecule has 2 aromatic carbocycles. The molecular weight excluding hydrogens is 276 g/mol. The number of benzene rings is 2. The number of aryl methyl sites for hydroxylation is 1. The Bertz CT molecular complexity index is 721. The predicted molar refractivity (Wildman–Crippen MR) is 83.1 cm³/mol. The Kier molecular flexibility index (Phi) is 3.40. The number of nitrogens with zero attached hydrogens (tertiary/aromatic N) is 1. The molecule has 0 fully saturated rings. The second kappa shape index (κ2) is 5.19. The maximum Gasteiger partial charge on any atom is 0.106 e. The van der Waals surface area contributed by atoms with Crippen molar-refractivity contribution >= 4 is 38.8 Å². The lowest BCUT2D eigenvalue weighted by atomic mass is 10.1. The highest BCUT2D eigenvalue weighted by atomic mass is 35.5. The molecule has 2 nitrogen and oxygen atoms in total. The van der Waals surface area contributed by atoms with Crippen molar-refractivity contribution in [3.8, 4) is 0 Å². The summed E-state index contributed by atoms with van der Waals surface area (Å²) in [4.78, 5) is 4.38. The Labute approximate surface area is 121 Å². The van der Waals surface area contributed by atoms with Crippen LogP contribution in [0.1, 0.15) is 11.1 Å². The molecule has 0 saturated carbocycles. The summed E-state index contributed by atoms with van der Waals surface area (Å²) in [6.07, 6.45) is 0. The van der Waals surface area contributed by atoms with E-state index >= 15 is 0 Å². The molecule has 0 aliphatic carbocycles. The van der Waals surface area contributed by atoms with Crippen LogP contribution >= 0.6 is 22.9 Å². The number of hydrogen-bond donors (Lipinski definition) is 1. The van der Waals surface area contributed by atoms with E-state index < -0.39 is 0 Å². The lowest BCUT2D eigenvalue weighted by Gasteiger charge is -2.09. The summed E-state index contributed by atoms with van der Waals surface area (Å²) in [6, 6.07) is 12.4. The number of halogens is 1. The number of thiazole rings is 1. The summed E-state index contributed by atoms with van der Waals surface area (Å²) in [5.74, 6) is 0. The van der Waals surface area contributed by atoms with Crippen LogP contribution in [0.5, 0.6) is 0 Å². The van der Waals surface area contributed by atoms with Crippen LogP contribution in [-0.4, -0.2) is 4.98 Å². The minimum Gasteiger partial charge on any atom is -0.378 e. The molecule has 1 heterocycles. The molecule has 0 aliphatic heterocycles. The van der Waals surface area contributed by atoms with Gasteiger partial charge in [0.1, 0.15) is 5.52 Å². The second-order valence-electron chi connectivity index (χ2n) is 4.46. The highest BCUT2D eigenvalue weighted by Gasteiger charge is 2.08. The third kappa shape index (κ3) is 2.57. The zero-order chi connectivity index (χ0) is 13.2. The molecule has 0 radical (unpaired) electrons. The van der Waals surface area contributed by atoms with Crippen LogP contribution in [0.3, 0.4) is 0 Å². The maximum absolute atomic E-state index is 6.26. The van der Waals surface area contributed by atoms with Gasteiger partial charge < -0.3 is 5.32 Å². The Hall–Kier alpha value is -1.58. The molecule has 1 aromatic heterocycles. The first-order valence-electron chi connectivity index (χ1n) is 6.05. The molecule has 96 valence electrons. The van der Waals surface area contributed by atoms with Crippen LogP contribution < -0.4 is 5.32 Å². The number of anilines is 1. The minimum atomic E-state index is 0.714. The number of hydrogen-bond acceptors (Lipinski definition) is 3. The van der Waals surface area contributed by atoms with E-state index in [2.05, 4.69) is 41.5 Å². The quantitative estimate of drug-likeness (QED) is 0.744. The van der Waals surface area contributed by atoms with Gasteiger partial charge in [0.2, 0.25) is 0 Å². The molecule has 3 rings (SSSR count). The first-order valence-corrected chi connectivity index (χ1v) is 7.31. The van der Waals surface area contributed by atoms with Crippen molar-refractivity contribution in [2.45, 2.75) is 13.5 Å². The molecule has 19 heavy (non-hydrogen) atoms. The molecule has 0 atom stereocenters. The van der Waals surface area contributed by atoms with Gasteiger partial charge in [-0.25, -0.2) is 4.98 Å². The summed E-state index contributed by atoms with van der Waals surface area (Å²) in [6.45, 7) is 2.84. The normalized spacial score (nSPS) is 10.8. The molecular formula is C15H13ClN2S. The average Bonchev–Trinajstić information content (AvgIpc) is 2.86. The van der Waals surface area contributed by atoms with Gasteiger partial charge >= 0.3 is 0 Å². The zero-order valence-electron chi connectivity index (χ0n) is 10.5. The van der Waals surface area contributed by atoms with E-state index in [-0.39, 0.29) is 0 Å². The lowest BCUT2D eigenvalue weighted by molar-refractivity contribution is 1.14. The summed E-state index contributed by atoms with van der Waals surface area (Å²) in [7, 11) is 0. The smallest absolute Gasteiger partial charge is 0.106 e. The third-order valence-electron chi connectivity index (χ3n) is 3.00. The standard InChI is InChI=1S/C15H13ClN2S/c1-10-3-2-4-11(7-10)8-17-14-12(16)5-6-13-15(14)18-9-19-13/h2-7,9,17H,8H2,1H3. The largest absolute Gasteiger partial charge is 0.378 e. The van der Waals surface area contributed by atoms with E-state index in [1.807, 2.05) is 17.6 Å². The Morgan fingerprint density at radius 1 is 1.26 bits per heavy atom. The SMILES string of the molecule is Cc1cccc(CNc2c(Cl)ccc3scnc23)c1. The van der Waals surface area contributed by atoms with Gasteiger partial charge in [0.25, 0.3) is 0 Å².